The highest BCUT2D eigenvalue weighted by molar-refractivity contribution is 7.22. The van der Waals surface area contributed by atoms with Gasteiger partial charge in [0.2, 0.25) is 0 Å². The minimum atomic E-state index is -0.0367. The first-order valence-electron chi connectivity index (χ1n) is 11.2. The predicted octanol–water partition coefficient (Wildman–Crippen LogP) is 5.96. The summed E-state index contributed by atoms with van der Waals surface area (Å²) in [6.07, 6.45) is 0.856. The van der Waals surface area contributed by atoms with Gasteiger partial charge in [0, 0.05) is 12.1 Å². The van der Waals surface area contributed by atoms with Crippen LogP contribution in [0.5, 0.6) is 5.75 Å². The number of carbonyl (C=O) groups is 1. The lowest BCUT2D eigenvalue weighted by atomic mass is 10.0. The van der Waals surface area contributed by atoms with Gasteiger partial charge in [0.05, 0.1) is 11.3 Å². The van der Waals surface area contributed by atoms with E-state index in [-0.39, 0.29) is 5.91 Å². The Balaban J connectivity index is 1.64. The summed E-state index contributed by atoms with van der Waals surface area (Å²) in [5, 5.41) is 0.702. The molecule has 0 N–H and O–H groups in total. The Hall–Kier alpha value is -3.22. The van der Waals surface area contributed by atoms with Crippen molar-refractivity contribution in [1.29, 1.82) is 0 Å². The molecule has 0 saturated carbocycles. The lowest BCUT2D eigenvalue weighted by Gasteiger charge is -2.21. The quantitative estimate of drug-likeness (QED) is 0.310. The van der Waals surface area contributed by atoms with E-state index in [4.69, 9.17) is 9.72 Å². The van der Waals surface area contributed by atoms with E-state index in [1.807, 2.05) is 81.7 Å². The first kappa shape index (κ1) is 23.0. The summed E-state index contributed by atoms with van der Waals surface area (Å²) >= 11 is 1.53. The smallest absolute Gasteiger partial charge is 0.260 e. The van der Waals surface area contributed by atoms with E-state index >= 15 is 0 Å². The molecule has 5 nitrogen and oxygen atoms in total. The van der Waals surface area contributed by atoms with Gasteiger partial charge in [-0.1, -0.05) is 59.9 Å². The van der Waals surface area contributed by atoms with Crippen molar-refractivity contribution in [2.75, 3.05) is 38.7 Å². The molecule has 0 radical (unpaired) electrons. The van der Waals surface area contributed by atoms with Crippen LogP contribution in [0.1, 0.15) is 23.7 Å². The maximum Gasteiger partial charge on any atom is 0.260 e. The molecular formula is C27H29N3O2S. The number of para-hydroxylation sites is 1. The van der Waals surface area contributed by atoms with Gasteiger partial charge in [-0.05, 0) is 69.4 Å². The summed E-state index contributed by atoms with van der Waals surface area (Å²) in [5.74, 6) is 0.718. The number of anilines is 1. The zero-order valence-electron chi connectivity index (χ0n) is 19.3. The van der Waals surface area contributed by atoms with Crippen molar-refractivity contribution in [2.45, 2.75) is 13.3 Å². The number of carbonyl (C=O) groups excluding carboxylic acids is 1. The van der Waals surface area contributed by atoms with Crippen molar-refractivity contribution in [1.82, 2.24) is 9.88 Å². The number of hydrogen-bond acceptors (Lipinski definition) is 5. The molecule has 0 spiro atoms. The molecule has 4 aromatic rings. The Kier molecular flexibility index (Phi) is 7.37. The van der Waals surface area contributed by atoms with Gasteiger partial charge in [-0.3, -0.25) is 9.69 Å². The summed E-state index contributed by atoms with van der Waals surface area (Å²) in [6.45, 7) is 4.03. The number of amides is 1. The fourth-order valence-corrected chi connectivity index (χ4v) is 4.73. The third-order valence-corrected chi connectivity index (χ3v) is 6.42. The largest absolute Gasteiger partial charge is 0.492 e. The molecule has 1 aromatic heterocycles. The van der Waals surface area contributed by atoms with Gasteiger partial charge in [0.1, 0.15) is 11.3 Å². The van der Waals surface area contributed by atoms with Crippen LogP contribution in [-0.4, -0.2) is 49.6 Å². The van der Waals surface area contributed by atoms with Crippen LogP contribution >= 0.6 is 11.3 Å². The normalized spacial score (nSPS) is 11.2. The molecule has 3 aromatic carbocycles. The number of rotatable bonds is 9. The molecule has 0 bridgehead atoms. The van der Waals surface area contributed by atoms with Crippen molar-refractivity contribution in [2.24, 2.45) is 0 Å². The van der Waals surface area contributed by atoms with E-state index in [1.165, 1.54) is 11.3 Å². The van der Waals surface area contributed by atoms with E-state index in [0.29, 0.717) is 23.8 Å². The van der Waals surface area contributed by atoms with Crippen LogP contribution in [0, 0.1) is 0 Å². The van der Waals surface area contributed by atoms with E-state index in [1.54, 1.807) is 4.90 Å². The monoisotopic (exact) mass is 459 g/mol. The average Bonchev–Trinajstić information content (AvgIpc) is 3.27. The molecule has 170 valence electrons. The maximum absolute atomic E-state index is 13.6. The predicted molar refractivity (Wildman–Crippen MR) is 138 cm³/mol. The highest BCUT2D eigenvalue weighted by Crippen LogP contribution is 2.35. The van der Waals surface area contributed by atoms with Gasteiger partial charge in [-0.15, -0.1) is 0 Å². The van der Waals surface area contributed by atoms with E-state index in [9.17, 15) is 4.79 Å². The molecule has 0 saturated heterocycles. The molecule has 0 fully saturated rings. The summed E-state index contributed by atoms with van der Waals surface area (Å²) in [6, 6.07) is 23.9. The van der Waals surface area contributed by atoms with E-state index < -0.39 is 0 Å². The molecule has 6 heteroatoms. The fourth-order valence-electron chi connectivity index (χ4n) is 3.72. The van der Waals surface area contributed by atoms with Gasteiger partial charge < -0.3 is 9.64 Å². The van der Waals surface area contributed by atoms with Gasteiger partial charge >= 0.3 is 0 Å². The van der Waals surface area contributed by atoms with Crippen LogP contribution < -0.4 is 9.64 Å². The number of thiazole rings is 1. The number of fused-ring (bicyclic) bond motifs is 1. The fraction of sp³-hybridized carbons (Fsp3) is 0.259. The third-order valence-electron chi connectivity index (χ3n) is 5.37. The van der Waals surface area contributed by atoms with Gasteiger partial charge in [-0.25, -0.2) is 4.98 Å². The first-order chi connectivity index (χ1) is 16.1. The lowest BCUT2D eigenvalue weighted by molar-refractivity contribution is 0.0986. The highest BCUT2D eigenvalue weighted by Gasteiger charge is 2.22. The van der Waals surface area contributed by atoms with Crippen molar-refractivity contribution in [3.8, 4) is 16.9 Å². The number of hydrogen-bond donors (Lipinski definition) is 0. The van der Waals surface area contributed by atoms with Crippen LogP contribution in [0.2, 0.25) is 0 Å². The van der Waals surface area contributed by atoms with Crippen molar-refractivity contribution >= 4 is 32.6 Å². The Morgan fingerprint density at radius 3 is 2.33 bits per heavy atom. The zero-order valence-corrected chi connectivity index (χ0v) is 20.1. The zero-order chi connectivity index (χ0) is 23.2. The number of nitrogens with zero attached hydrogens (tertiary/aromatic N) is 3. The molecule has 1 heterocycles. The third kappa shape index (κ3) is 5.41. The Morgan fingerprint density at radius 2 is 1.64 bits per heavy atom. The van der Waals surface area contributed by atoms with Crippen LogP contribution in [0.3, 0.4) is 0 Å². The minimum Gasteiger partial charge on any atom is -0.492 e. The molecule has 0 aliphatic carbocycles. The molecule has 0 aliphatic heterocycles. The standard InChI is InChI=1S/C27H29N3O2S/c1-4-32-23-12-8-13-24-25(23)28-27(33-24)30(19-9-18-29(2)3)26(31)22-16-14-21(15-17-22)20-10-6-5-7-11-20/h5-8,10-17H,4,9,18-19H2,1-3H3. The lowest BCUT2D eigenvalue weighted by Crippen LogP contribution is -2.33. The SMILES string of the molecule is CCOc1cccc2sc(N(CCCN(C)C)C(=O)c3ccc(-c4ccccc4)cc3)nc12. The molecule has 4 rings (SSSR count). The maximum atomic E-state index is 13.6. The second-order valence-electron chi connectivity index (χ2n) is 8.09. The minimum absolute atomic E-state index is 0.0367. The summed E-state index contributed by atoms with van der Waals surface area (Å²) in [7, 11) is 4.08. The second-order valence-corrected chi connectivity index (χ2v) is 9.10. The van der Waals surface area contributed by atoms with Crippen LogP contribution in [-0.2, 0) is 0 Å². The molecule has 0 unspecified atom stereocenters. The molecule has 0 atom stereocenters. The van der Waals surface area contributed by atoms with Crippen LogP contribution in [0.4, 0.5) is 5.13 Å². The molecule has 0 aliphatic rings. The van der Waals surface area contributed by atoms with Crippen molar-refractivity contribution < 1.29 is 9.53 Å². The average molecular weight is 460 g/mol. The Labute approximate surface area is 199 Å². The van der Waals surface area contributed by atoms with E-state index in [2.05, 4.69) is 17.0 Å². The molecule has 33 heavy (non-hydrogen) atoms. The summed E-state index contributed by atoms with van der Waals surface area (Å²) in [5.41, 5.74) is 3.69. The van der Waals surface area contributed by atoms with E-state index in [0.717, 1.165) is 40.1 Å². The Morgan fingerprint density at radius 1 is 0.909 bits per heavy atom. The van der Waals surface area contributed by atoms with Gasteiger partial charge in [0.15, 0.2) is 5.13 Å². The topological polar surface area (TPSA) is 45.7 Å². The van der Waals surface area contributed by atoms with Crippen LogP contribution in [0.25, 0.3) is 21.3 Å². The second kappa shape index (κ2) is 10.6. The molecular weight excluding hydrogens is 430 g/mol. The highest BCUT2D eigenvalue weighted by atomic mass is 32.1. The summed E-state index contributed by atoms with van der Waals surface area (Å²) in [4.78, 5) is 22.4. The van der Waals surface area contributed by atoms with Crippen LogP contribution in [0.15, 0.2) is 72.8 Å². The Bertz CT molecular complexity index is 1200. The van der Waals surface area contributed by atoms with Gasteiger partial charge in [-0.2, -0.15) is 0 Å². The summed E-state index contributed by atoms with van der Waals surface area (Å²) < 4.78 is 6.77. The number of aromatic nitrogens is 1. The number of ether oxygens (including phenoxy) is 1. The van der Waals surface area contributed by atoms with Crippen molar-refractivity contribution in [3.63, 3.8) is 0 Å². The van der Waals surface area contributed by atoms with Crippen molar-refractivity contribution in [3.05, 3.63) is 78.4 Å². The number of benzene rings is 3. The van der Waals surface area contributed by atoms with Gasteiger partial charge in [0.25, 0.3) is 5.91 Å². The first-order valence-corrected chi connectivity index (χ1v) is 12.0. The molecule has 1 amide bonds.